The molecule has 45 heavy (non-hydrogen) atoms. The molecule has 1 unspecified atom stereocenters. The summed E-state index contributed by atoms with van der Waals surface area (Å²) in [6, 6.07) is 4.58. The maximum absolute atomic E-state index is 13.4. The Balaban J connectivity index is 0.870. The van der Waals surface area contributed by atoms with Crippen LogP contribution in [0.1, 0.15) is 103 Å². The molecule has 0 radical (unpaired) electrons. The molecular formula is C35H42N6O4. The van der Waals surface area contributed by atoms with Gasteiger partial charge in [-0.2, -0.15) is 5.10 Å². The number of rotatable bonds is 7. The van der Waals surface area contributed by atoms with Gasteiger partial charge in [0.1, 0.15) is 6.04 Å². The molecule has 10 heteroatoms. The number of hydrogen-bond acceptors (Lipinski definition) is 6. The third-order valence-corrected chi connectivity index (χ3v) is 11.6. The number of amides is 4. The number of piperidine rings is 2. The molecule has 4 amide bonds. The van der Waals surface area contributed by atoms with Crippen LogP contribution in [-0.2, 0) is 16.1 Å². The number of hydrogen-bond donors (Lipinski definition) is 2. The van der Waals surface area contributed by atoms with Crippen molar-refractivity contribution in [1.29, 1.82) is 0 Å². The van der Waals surface area contributed by atoms with Crippen molar-refractivity contribution in [2.75, 3.05) is 18.4 Å². The Bertz CT molecular complexity index is 1550. The number of benzene rings is 1. The molecule has 1 aromatic heterocycles. The van der Waals surface area contributed by atoms with E-state index in [1.54, 1.807) is 18.2 Å². The Kier molecular flexibility index (Phi) is 6.87. The van der Waals surface area contributed by atoms with Gasteiger partial charge in [-0.1, -0.05) is 12.6 Å². The third kappa shape index (κ3) is 5.06. The van der Waals surface area contributed by atoms with Crippen LogP contribution in [0, 0.1) is 23.2 Å². The van der Waals surface area contributed by atoms with E-state index in [4.69, 9.17) is 0 Å². The topological polar surface area (TPSA) is 117 Å². The van der Waals surface area contributed by atoms with E-state index < -0.39 is 17.9 Å². The summed E-state index contributed by atoms with van der Waals surface area (Å²) in [5, 5.41) is 10.7. The lowest BCUT2D eigenvalue weighted by atomic mass is 9.49. The molecule has 6 fully saturated rings. The summed E-state index contributed by atoms with van der Waals surface area (Å²) in [7, 11) is 0. The van der Waals surface area contributed by atoms with Crippen molar-refractivity contribution in [2.45, 2.75) is 89.3 Å². The standard InChI is InChI=1S/C35H42N6O4/c1-21-5-6-29(32(43)38-21)41-33(44)27-3-2-4-28(31(27)34(41)45)36-18-25-19-37-40(20-25)26-7-9-39(10-8-26)30(42)17-35-14-22-11-23(15-35)13-24(12-22)16-35/h2-4,19-20,22-24,26,29,36H,1,5-18H2,(H,38,43). The highest BCUT2D eigenvalue weighted by atomic mass is 16.2. The largest absolute Gasteiger partial charge is 0.380 e. The van der Waals surface area contributed by atoms with Crippen LogP contribution < -0.4 is 10.6 Å². The molecule has 3 aliphatic heterocycles. The Morgan fingerprint density at radius 3 is 2.40 bits per heavy atom. The molecule has 236 valence electrons. The first-order valence-corrected chi connectivity index (χ1v) is 16.8. The number of carbonyl (C=O) groups excluding carboxylic acids is 4. The third-order valence-electron chi connectivity index (χ3n) is 11.6. The average Bonchev–Trinajstić information content (AvgIpc) is 3.58. The predicted octanol–water partition coefficient (Wildman–Crippen LogP) is 4.65. The van der Waals surface area contributed by atoms with Crippen LogP contribution in [0.3, 0.4) is 0 Å². The van der Waals surface area contributed by atoms with Crippen molar-refractivity contribution in [3.8, 4) is 0 Å². The highest BCUT2D eigenvalue weighted by Crippen LogP contribution is 2.61. The van der Waals surface area contributed by atoms with E-state index in [2.05, 4.69) is 27.2 Å². The van der Waals surface area contributed by atoms with Gasteiger partial charge in [-0.05, 0) is 99.5 Å². The smallest absolute Gasteiger partial charge is 0.264 e. The minimum Gasteiger partial charge on any atom is -0.380 e. The molecule has 9 rings (SSSR count). The molecule has 10 nitrogen and oxygen atoms in total. The average molecular weight is 611 g/mol. The van der Waals surface area contributed by atoms with Crippen LogP contribution in [0.5, 0.6) is 0 Å². The zero-order chi connectivity index (χ0) is 30.9. The lowest BCUT2D eigenvalue weighted by Crippen LogP contribution is -2.51. The molecule has 4 saturated carbocycles. The summed E-state index contributed by atoms with van der Waals surface area (Å²) >= 11 is 0. The molecule has 2 saturated heterocycles. The van der Waals surface area contributed by atoms with Gasteiger partial charge in [0.15, 0.2) is 0 Å². The normalized spacial score (nSPS) is 31.0. The van der Waals surface area contributed by atoms with Crippen LogP contribution in [0.2, 0.25) is 0 Å². The van der Waals surface area contributed by atoms with E-state index in [0.29, 0.717) is 47.8 Å². The number of nitrogens with zero attached hydrogens (tertiary/aromatic N) is 4. The van der Waals surface area contributed by atoms with Gasteiger partial charge in [0.05, 0.1) is 23.4 Å². The van der Waals surface area contributed by atoms with Gasteiger partial charge in [0.2, 0.25) is 11.8 Å². The Hall–Kier alpha value is -3.95. The predicted molar refractivity (Wildman–Crippen MR) is 167 cm³/mol. The fourth-order valence-electron chi connectivity index (χ4n) is 9.93. The fourth-order valence-corrected chi connectivity index (χ4v) is 9.93. The zero-order valence-electron chi connectivity index (χ0n) is 25.8. The first kappa shape index (κ1) is 28.5. The number of likely N-dealkylation sites (tertiary alicyclic amines) is 1. The summed E-state index contributed by atoms with van der Waals surface area (Å²) in [6.45, 7) is 5.78. The number of aromatic nitrogens is 2. The second kappa shape index (κ2) is 10.8. The zero-order valence-corrected chi connectivity index (χ0v) is 25.8. The maximum atomic E-state index is 13.4. The number of anilines is 1. The van der Waals surface area contributed by atoms with Gasteiger partial charge < -0.3 is 15.5 Å². The van der Waals surface area contributed by atoms with Crippen LogP contribution in [0.15, 0.2) is 42.9 Å². The molecule has 0 spiro atoms. The molecule has 1 atom stereocenters. The number of carbonyl (C=O) groups is 4. The summed E-state index contributed by atoms with van der Waals surface area (Å²) in [6.07, 6.45) is 15.3. The van der Waals surface area contributed by atoms with E-state index >= 15 is 0 Å². The van der Waals surface area contributed by atoms with E-state index in [1.165, 1.54) is 38.5 Å². The first-order valence-electron chi connectivity index (χ1n) is 16.8. The number of imide groups is 1. The quantitative estimate of drug-likeness (QED) is 0.441. The Morgan fingerprint density at radius 2 is 1.71 bits per heavy atom. The van der Waals surface area contributed by atoms with E-state index in [-0.39, 0.29) is 17.4 Å². The van der Waals surface area contributed by atoms with E-state index in [9.17, 15) is 19.2 Å². The van der Waals surface area contributed by atoms with Crippen LogP contribution in [0.25, 0.3) is 0 Å². The monoisotopic (exact) mass is 610 g/mol. The molecule has 4 bridgehead atoms. The van der Waals surface area contributed by atoms with Gasteiger partial charge in [-0.25, -0.2) is 0 Å². The van der Waals surface area contributed by atoms with Gasteiger partial charge in [0, 0.05) is 49.2 Å². The van der Waals surface area contributed by atoms with Gasteiger partial charge in [-0.3, -0.25) is 28.8 Å². The lowest BCUT2D eigenvalue weighted by molar-refractivity contribution is -0.140. The molecule has 2 N–H and O–H groups in total. The van der Waals surface area contributed by atoms with Gasteiger partial charge in [0.25, 0.3) is 11.8 Å². The molecule has 7 aliphatic rings. The molecule has 2 aromatic rings. The van der Waals surface area contributed by atoms with Crippen LogP contribution in [0.4, 0.5) is 5.69 Å². The minimum absolute atomic E-state index is 0.244. The van der Waals surface area contributed by atoms with Crippen molar-refractivity contribution in [3.05, 3.63) is 59.6 Å². The van der Waals surface area contributed by atoms with E-state index in [1.807, 2.05) is 17.1 Å². The second-order valence-corrected chi connectivity index (χ2v) is 14.7. The minimum atomic E-state index is -0.840. The molecule has 4 heterocycles. The lowest BCUT2D eigenvalue weighted by Gasteiger charge is -2.57. The summed E-state index contributed by atoms with van der Waals surface area (Å²) in [5.74, 6) is 1.69. The molecule has 4 aliphatic carbocycles. The van der Waals surface area contributed by atoms with Crippen LogP contribution >= 0.6 is 0 Å². The SMILES string of the molecule is C=C1CCC(N2C(=O)c3cccc(NCc4cnn(C5CCN(C(=O)CC67CC8CC(CC(C8)C6)C7)CC5)c4)c3C2=O)C(=O)N1. The number of allylic oxidation sites excluding steroid dienone is 1. The summed E-state index contributed by atoms with van der Waals surface area (Å²) in [4.78, 5) is 55.9. The number of nitrogens with one attached hydrogen (secondary N) is 2. The van der Waals surface area contributed by atoms with Crippen molar-refractivity contribution in [3.63, 3.8) is 0 Å². The van der Waals surface area contributed by atoms with E-state index in [0.717, 1.165) is 60.6 Å². The maximum Gasteiger partial charge on any atom is 0.264 e. The Morgan fingerprint density at radius 1 is 1.00 bits per heavy atom. The summed E-state index contributed by atoms with van der Waals surface area (Å²) < 4.78 is 2.01. The first-order chi connectivity index (χ1) is 21.7. The van der Waals surface area contributed by atoms with Gasteiger partial charge in [-0.15, -0.1) is 0 Å². The molecular weight excluding hydrogens is 568 g/mol. The number of fused-ring (bicyclic) bond motifs is 1. The second-order valence-electron chi connectivity index (χ2n) is 14.7. The fraction of sp³-hybridized carbons (Fsp3) is 0.571. The van der Waals surface area contributed by atoms with Gasteiger partial charge >= 0.3 is 0 Å². The van der Waals surface area contributed by atoms with Crippen molar-refractivity contribution < 1.29 is 19.2 Å². The Labute approximate surface area is 263 Å². The van der Waals surface area contributed by atoms with Crippen molar-refractivity contribution in [2.24, 2.45) is 23.2 Å². The van der Waals surface area contributed by atoms with Crippen molar-refractivity contribution in [1.82, 2.24) is 24.9 Å². The molecule has 1 aromatic carbocycles. The van der Waals surface area contributed by atoms with Crippen molar-refractivity contribution >= 4 is 29.3 Å². The van der Waals surface area contributed by atoms with Crippen LogP contribution in [-0.4, -0.2) is 62.3 Å². The highest BCUT2D eigenvalue weighted by Gasteiger charge is 2.52. The highest BCUT2D eigenvalue weighted by molar-refractivity contribution is 6.25. The summed E-state index contributed by atoms with van der Waals surface area (Å²) in [5.41, 5.74) is 3.02.